The van der Waals surface area contributed by atoms with Crippen molar-refractivity contribution in [2.24, 2.45) is 5.92 Å². The maximum atomic E-state index is 8.49. The number of hydrogen-bond acceptors (Lipinski definition) is 3. The molecule has 0 bridgehead atoms. The molecule has 0 aliphatic carbocycles. The Labute approximate surface area is 351 Å². The van der Waals surface area contributed by atoms with Crippen molar-refractivity contribution in [1.29, 1.82) is 0 Å². The number of fused-ring (bicyclic) bond motifs is 3. The average Bonchev–Trinajstić information content (AvgIpc) is 3.66. The van der Waals surface area contributed by atoms with Gasteiger partial charge >= 0.3 is 0 Å². The average molecular weight is 886 g/mol. The second kappa shape index (κ2) is 16.3. The topological polar surface area (TPSA) is 38.9 Å². The first-order chi connectivity index (χ1) is 32.0. The van der Waals surface area contributed by atoms with Gasteiger partial charge in [0.05, 0.1) is 5.58 Å². The van der Waals surface area contributed by atoms with Crippen LogP contribution in [0.15, 0.2) is 126 Å². The molecule has 0 atom stereocenters. The van der Waals surface area contributed by atoms with Crippen LogP contribution in [0.5, 0.6) is 0 Å². The van der Waals surface area contributed by atoms with E-state index in [0.717, 1.165) is 10.8 Å². The molecule has 0 aliphatic rings. The first-order valence-corrected chi connectivity index (χ1v) is 16.6. The van der Waals surface area contributed by atoms with Gasteiger partial charge in [0.1, 0.15) is 5.58 Å². The fraction of sp³-hybridized carbons (Fsp3) is 0.184. The quantitative estimate of drug-likeness (QED) is 0.156. The number of hydrogen-bond donors (Lipinski definition) is 0. The number of aromatic nitrogens is 2. The molecule has 5 aromatic carbocycles. The van der Waals surface area contributed by atoms with E-state index in [1.54, 1.807) is 56.3 Å². The summed E-state index contributed by atoms with van der Waals surface area (Å²) in [6.45, 7) is -9.07. The van der Waals surface area contributed by atoms with Crippen LogP contribution in [0.1, 0.15) is 70.5 Å². The molecule has 3 heterocycles. The zero-order chi connectivity index (χ0) is 50.6. The molecule has 0 fully saturated rings. The van der Waals surface area contributed by atoms with E-state index in [4.69, 9.17) is 27.7 Å². The van der Waals surface area contributed by atoms with E-state index in [9.17, 15) is 0 Å². The van der Waals surface area contributed by atoms with Gasteiger partial charge in [-0.2, -0.15) is 0 Å². The van der Waals surface area contributed by atoms with E-state index in [1.165, 1.54) is 48.8 Å². The molecule has 53 heavy (non-hydrogen) atoms. The number of para-hydroxylation sites is 1. The first-order valence-electron chi connectivity index (χ1n) is 25.1. The van der Waals surface area contributed by atoms with Gasteiger partial charge in [0, 0.05) is 61.2 Å². The Morgan fingerprint density at radius 3 is 2.13 bits per heavy atom. The van der Waals surface area contributed by atoms with E-state index < -0.39 is 40.6 Å². The summed E-state index contributed by atoms with van der Waals surface area (Å²) < 4.78 is 142. The zero-order valence-electron chi connectivity index (χ0n) is 45.8. The summed E-state index contributed by atoms with van der Waals surface area (Å²) in [4.78, 5) is 8.53. The van der Waals surface area contributed by atoms with Crippen molar-refractivity contribution in [3.63, 3.8) is 0 Å². The molecule has 8 aromatic rings. The standard InChI is InChI=1S/C36H32NO.C13H12N.Ir/c1-22(2)17-26-13-15-27(16-14-26)31-18-24(4)32(19-23(31)3)33-20-34(37-21-25(33)5)30-11-8-10-29-28-9-6-7-12-35(28)38-36(29)30;1-10-3-6-12(7-4-10)13-8-5-11(2)9-14-13;/h6-10,12-16,18-22H,17H2,1-5H3;3-6,8-9H,1-2H3;/q2*-1;/i3D3,4D3,5D3,17D2;1D3,2D3;. The van der Waals surface area contributed by atoms with Gasteiger partial charge in [0.2, 0.25) is 0 Å². The summed E-state index contributed by atoms with van der Waals surface area (Å²) >= 11 is 0. The zero-order valence-corrected chi connectivity index (χ0v) is 31.2. The van der Waals surface area contributed by atoms with Crippen molar-refractivity contribution in [3.8, 4) is 44.8 Å². The van der Waals surface area contributed by atoms with E-state index >= 15 is 0 Å². The van der Waals surface area contributed by atoms with E-state index in [2.05, 4.69) is 22.1 Å². The first kappa shape index (κ1) is 21.5. The van der Waals surface area contributed by atoms with Gasteiger partial charge in [-0.3, -0.25) is 0 Å². The second-order valence-electron chi connectivity index (χ2n) is 12.6. The van der Waals surface area contributed by atoms with Crippen LogP contribution in [0.3, 0.4) is 0 Å². The normalized spacial score (nSPS) is 17.2. The number of nitrogens with zero attached hydrogens (tertiary/aromatic N) is 2. The molecule has 0 saturated carbocycles. The van der Waals surface area contributed by atoms with Gasteiger partial charge in [-0.1, -0.05) is 104 Å². The van der Waals surface area contributed by atoms with Gasteiger partial charge in [-0.25, -0.2) is 0 Å². The second-order valence-corrected chi connectivity index (χ2v) is 12.6. The van der Waals surface area contributed by atoms with Gasteiger partial charge < -0.3 is 14.4 Å². The molecule has 0 spiro atoms. The number of pyridine rings is 2. The molecule has 0 unspecified atom stereocenters. The van der Waals surface area contributed by atoms with Crippen molar-refractivity contribution in [3.05, 3.63) is 167 Å². The van der Waals surface area contributed by atoms with E-state index in [1.807, 2.05) is 30.3 Å². The Hall–Kier alpha value is -5.15. The SMILES string of the molecule is [2H]C([2H])([2H])c1c[c-]c(-c2ccc(C([2H])([2H])[2H])cn2)cc1.[2H]C([2H])([2H])c1cc(-c2cc(-c3[c-]ccc4c3oc3ccccc34)ncc2C([2H])([2H])[2H])c(C([2H])([2H])[2H])cc1-c1ccc(C([2H])([2H])C(C)C)cc1.[Ir]. The minimum atomic E-state index is -2.78. The van der Waals surface area contributed by atoms with Crippen molar-refractivity contribution >= 4 is 21.9 Å². The minimum absolute atomic E-state index is 0. The van der Waals surface area contributed by atoms with Gasteiger partial charge in [0.15, 0.2) is 0 Å². The van der Waals surface area contributed by atoms with Crippen LogP contribution in [-0.4, -0.2) is 9.97 Å². The largest absolute Gasteiger partial charge is 0.501 e. The number of benzene rings is 5. The van der Waals surface area contributed by atoms with Crippen LogP contribution >= 0.6 is 0 Å². The monoisotopic (exact) mass is 886 g/mol. The van der Waals surface area contributed by atoms with Gasteiger partial charge in [-0.15, -0.1) is 53.6 Å². The molecule has 3 nitrogen and oxygen atoms in total. The molecule has 1 radical (unpaired) electrons. The van der Waals surface area contributed by atoms with Crippen molar-refractivity contribution in [2.75, 3.05) is 0 Å². The third-order valence-electron chi connectivity index (χ3n) is 8.45. The predicted molar refractivity (Wildman–Crippen MR) is 217 cm³/mol. The van der Waals surface area contributed by atoms with Crippen LogP contribution in [0.25, 0.3) is 66.7 Å². The molecule has 0 saturated heterocycles. The maximum Gasteiger partial charge on any atom is 0.120 e. The Bertz CT molecular complexity index is 3070. The van der Waals surface area contributed by atoms with Crippen molar-refractivity contribution in [2.45, 2.75) is 54.5 Å². The summed E-state index contributed by atoms with van der Waals surface area (Å²) in [5.41, 5.74) is 3.48. The Morgan fingerprint density at radius 2 is 1.42 bits per heavy atom. The van der Waals surface area contributed by atoms with E-state index in [0.29, 0.717) is 39.1 Å². The fourth-order valence-electron chi connectivity index (χ4n) is 5.97. The van der Waals surface area contributed by atoms with Crippen LogP contribution < -0.4 is 0 Å². The molecule has 4 heteroatoms. The fourth-order valence-corrected chi connectivity index (χ4v) is 5.97. The summed E-state index contributed by atoms with van der Waals surface area (Å²) in [5.74, 6) is -0.327. The third kappa shape index (κ3) is 8.25. The Morgan fingerprint density at radius 1 is 0.679 bits per heavy atom. The summed E-state index contributed by atoms with van der Waals surface area (Å²) in [7, 11) is 0. The number of rotatable bonds is 6. The Kier molecular flexibility index (Phi) is 6.60. The summed E-state index contributed by atoms with van der Waals surface area (Å²) in [6, 6.07) is 34.9. The van der Waals surface area contributed by atoms with Crippen LogP contribution in [0.4, 0.5) is 0 Å². The van der Waals surface area contributed by atoms with Crippen LogP contribution in [0.2, 0.25) is 0 Å². The molecule has 0 N–H and O–H groups in total. The molecule has 3 aromatic heterocycles. The molecule has 0 aliphatic heterocycles. The predicted octanol–water partition coefficient (Wildman–Crippen LogP) is 13.1. The third-order valence-corrected chi connectivity index (χ3v) is 8.45. The molecule has 8 rings (SSSR count). The van der Waals surface area contributed by atoms with Crippen molar-refractivity contribution in [1.82, 2.24) is 9.97 Å². The van der Waals surface area contributed by atoms with Crippen LogP contribution in [0, 0.1) is 52.3 Å². The van der Waals surface area contributed by atoms with Crippen molar-refractivity contribution < 1.29 is 47.8 Å². The van der Waals surface area contributed by atoms with Crippen LogP contribution in [-0.2, 0) is 26.5 Å². The molecular formula is C49H44IrN2O-2. The van der Waals surface area contributed by atoms with Gasteiger partial charge in [0.25, 0.3) is 0 Å². The minimum Gasteiger partial charge on any atom is -0.501 e. The summed E-state index contributed by atoms with van der Waals surface area (Å²) in [5, 5.41) is 1.65. The smallest absolute Gasteiger partial charge is 0.120 e. The number of aryl methyl sites for hydroxylation is 5. The molecule has 0 amide bonds. The number of furan rings is 1. The maximum absolute atomic E-state index is 8.49. The molecular weight excluding hydrogens is 825 g/mol. The summed E-state index contributed by atoms with van der Waals surface area (Å²) in [6.07, 6.45) is 0.822. The van der Waals surface area contributed by atoms with E-state index in [-0.39, 0.29) is 76.2 Å². The molecule has 267 valence electrons. The Balaban J connectivity index is 0.000000321. The van der Waals surface area contributed by atoms with Gasteiger partial charge in [-0.05, 0) is 107 Å².